The third kappa shape index (κ3) is 8.20. The van der Waals surface area contributed by atoms with Crippen LogP contribution >= 0.6 is 0 Å². The van der Waals surface area contributed by atoms with Crippen molar-refractivity contribution >= 4 is 28.6 Å². The number of fused-ring (bicyclic) bond motifs is 1. The molecule has 0 unspecified atom stereocenters. The van der Waals surface area contributed by atoms with Crippen LogP contribution in [-0.2, 0) is 22.4 Å². The third-order valence-electron chi connectivity index (χ3n) is 8.34. The minimum absolute atomic E-state index is 0.0219. The van der Waals surface area contributed by atoms with E-state index in [0.29, 0.717) is 47.5 Å². The van der Waals surface area contributed by atoms with Gasteiger partial charge >= 0.3 is 6.09 Å². The van der Waals surface area contributed by atoms with Crippen LogP contribution in [-0.4, -0.2) is 56.5 Å². The molecule has 0 aliphatic carbocycles. The molecule has 5 aromatic rings. The molecular weight excluding hydrogens is 621 g/mol. The van der Waals surface area contributed by atoms with Crippen molar-refractivity contribution < 1.29 is 23.5 Å². The van der Waals surface area contributed by atoms with Crippen molar-refractivity contribution in [1.82, 2.24) is 19.9 Å². The average Bonchev–Trinajstić information content (AvgIpc) is 3.07. The number of benzene rings is 3. The summed E-state index contributed by atoms with van der Waals surface area (Å²) in [5.41, 5.74) is 2.87. The highest BCUT2D eigenvalue weighted by Gasteiger charge is 2.28. The Morgan fingerprint density at radius 1 is 0.918 bits per heavy atom. The normalized spacial score (nSPS) is 14.8. The van der Waals surface area contributed by atoms with Gasteiger partial charge < -0.3 is 19.7 Å². The van der Waals surface area contributed by atoms with Crippen LogP contribution in [0.2, 0.25) is 0 Å². The summed E-state index contributed by atoms with van der Waals surface area (Å²) in [7, 11) is 0. The zero-order valence-corrected chi connectivity index (χ0v) is 28.2. The predicted molar refractivity (Wildman–Crippen MR) is 187 cm³/mol. The molecule has 1 aliphatic rings. The number of nitrogens with zero attached hydrogens (tertiary/aromatic N) is 4. The number of halogens is 1. The van der Waals surface area contributed by atoms with Gasteiger partial charge in [-0.05, 0) is 86.9 Å². The van der Waals surface area contributed by atoms with Crippen LogP contribution < -0.4 is 10.1 Å². The summed E-state index contributed by atoms with van der Waals surface area (Å²) in [5, 5.41) is 5.12. The second-order valence-corrected chi connectivity index (χ2v) is 13.3. The number of likely N-dealkylation sites (tertiary alicyclic amines) is 1. The summed E-state index contributed by atoms with van der Waals surface area (Å²) < 4.78 is 26.4. The highest BCUT2D eigenvalue weighted by atomic mass is 19.1. The first-order valence-corrected chi connectivity index (χ1v) is 16.5. The van der Waals surface area contributed by atoms with E-state index in [1.54, 1.807) is 41.6 Å². The van der Waals surface area contributed by atoms with Crippen molar-refractivity contribution in [3.8, 4) is 22.9 Å². The average molecular weight is 662 g/mol. The number of anilines is 1. The van der Waals surface area contributed by atoms with Crippen molar-refractivity contribution in [2.24, 2.45) is 0 Å². The maximum Gasteiger partial charge on any atom is 0.410 e. The van der Waals surface area contributed by atoms with Crippen LogP contribution in [0.15, 0.2) is 85.2 Å². The number of carbonyl (C=O) groups is 2. The number of amides is 1. The summed E-state index contributed by atoms with van der Waals surface area (Å²) >= 11 is 0. The molecule has 9 nitrogen and oxygen atoms in total. The molecule has 3 heterocycles. The standard InChI is InChI=1S/C39H40FN5O4/c1-25-16-17-30-26(22-29(46)23-27-10-5-6-15-33(27)40)11-7-13-31(30)35(25)48-36-32(14-8-19-41-36)34-18-20-42-37(44-34)43-28-12-9-21-45(24-28)38(47)49-39(2,3)4/h5-8,10-11,13-20,28H,9,12,21-24H2,1-4H3,(H,42,43,44)/t28-/m0/s1. The molecule has 6 rings (SSSR count). The topological polar surface area (TPSA) is 107 Å². The van der Waals surface area contributed by atoms with Gasteiger partial charge in [-0.25, -0.2) is 24.1 Å². The number of nitrogens with one attached hydrogen (secondary N) is 1. The number of carbonyl (C=O) groups excluding carboxylic acids is 2. The van der Waals surface area contributed by atoms with Gasteiger partial charge in [0.25, 0.3) is 0 Å². The fraction of sp³-hybridized carbons (Fsp3) is 0.308. The lowest BCUT2D eigenvalue weighted by molar-refractivity contribution is -0.117. The first kappa shape index (κ1) is 33.5. The van der Waals surface area contributed by atoms with Crippen LogP contribution in [0.25, 0.3) is 22.0 Å². The number of aryl methyl sites for hydroxylation is 1. The van der Waals surface area contributed by atoms with Crippen LogP contribution in [0.4, 0.5) is 15.1 Å². The Morgan fingerprint density at radius 2 is 1.71 bits per heavy atom. The number of hydrogen-bond acceptors (Lipinski definition) is 8. The van der Waals surface area contributed by atoms with Gasteiger partial charge in [-0.1, -0.05) is 48.5 Å². The smallest absolute Gasteiger partial charge is 0.410 e. The van der Waals surface area contributed by atoms with Gasteiger partial charge in [0.1, 0.15) is 23.0 Å². The zero-order valence-electron chi connectivity index (χ0n) is 28.2. The Hall–Kier alpha value is -5.38. The maximum absolute atomic E-state index is 14.2. The number of pyridine rings is 1. The number of ketones is 1. The molecule has 1 fully saturated rings. The lowest BCUT2D eigenvalue weighted by Crippen LogP contribution is -2.47. The molecular formula is C39H40FN5O4. The fourth-order valence-electron chi connectivity index (χ4n) is 6.03. The van der Waals surface area contributed by atoms with E-state index < -0.39 is 5.60 Å². The van der Waals surface area contributed by atoms with Crippen LogP contribution in [0.1, 0.15) is 50.3 Å². The summed E-state index contributed by atoms with van der Waals surface area (Å²) in [6.45, 7) is 8.67. The maximum atomic E-state index is 14.2. The van der Waals surface area contributed by atoms with Crippen LogP contribution in [0.3, 0.4) is 0 Å². The number of piperidine rings is 1. The molecule has 0 saturated carbocycles. The molecule has 0 radical (unpaired) electrons. The van der Waals surface area contributed by atoms with E-state index in [1.807, 2.05) is 70.2 Å². The highest BCUT2D eigenvalue weighted by Crippen LogP contribution is 2.37. The predicted octanol–water partition coefficient (Wildman–Crippen LogP) is 8.10. The first-order chi connectivity index (χ1) is 23.5. The Labute approximate surface area is 285 Å². The van der Waals surface area contributed by atoms with Gasteiger partial charge in [-0.3, -0.25) is 4.79 Å². The summed E-state index contributed by atoms with van der Waals surface area (Å²) in [6.07, 6.45) is 4.91. The lowest BCUT2D eigenvalue weighted by atomic mass is 9.96. The number of Topliss-reactive ketones (excluding diaryl/α,β-unsaturated/α-hetero) is 1. The van der Waals surface area contributed by atoms with E-state index in [-0.39, 0.29) is 36.6 Å². The van der Waals surface area contributed by atoms with Crippen LogP contribution in [0, 0.1) is 12.7 Å². The van der Waals surface area contributed by atoms with Gasteiger partial charge in [-0.15, -0.1) is 0 Å². The molecule has 2 aromatic heterocycles. The van der Waals surface area contributed by atoms with Crippen LogP contribution in [0.5, 0.6) is 11.6 Å². The lowest BCUT2D eigenvalue weighted by Gasteiger charge is -2.34. The van der Waals surface area contributed by atoms with E-state index in [2.05, 4.69) is 15.3 Å². The zero-order chi connectivity index (χ0) is 34.5. The molecule has 10 heteroatoms. The SMILES string of the molecule is Cc1ccc2c(CC(=O)Cc3ccccc3F)cccc2c1Oc1ncccc1-c1ccnc(N[C@H]2CCCN(C(=O)OC(C)(C)C)C2)n1. The quantitative estimate of drug-likeness (QED) is 0.169. The molecule has 1 N–H and O–H groups in total. The van der Waals surface area contributed by atoms with Gasteiger partial charge in [-0.2, -0.15) is 0 Å². The van der Waals surface area contributed by atoms with Gasteiger partial charge in [0.2, 0.25) is 11.8 Å². The molecule has 1 amide bonds. The molecule has 0 bridgehead atoms. The minimum atomic E-state index is -0.561. The second-order valence-electron chi connectivity index (χ2n) is 13.3. The number of hydrogen-bond donors (Lipinski definition) is 1. The monoisotopic (exact) mass is 661 g/mol. The van der Waals surface area contributed by atoms with Gasteiger partial charge in [0.15, 0.2) is 0 Å². The van der Waals surface area contributed by atoms with E-state index in [9.17, 15) is 14.0 Å². The number of aromatic nitrogens is 3. The van der Waals surface area contributed by atoms with E-state index in [4.69, 9.17) is 14.5 Å². The van der Waals surface area contributed by atoms with E-state index in [0.717, 1.165) is 34.7 Å². The highest BCUT2D eigenvalue weighted by molar-refractivity contribution is 5.95. The third-order valence-corrected chi connectivity index (χ3v) is 8.34. The molecule has 3 aromatic carbocycles. The van der Waals surface area contributed by atoms with Crippen molar-refractivity contribution in [2.45, 2.75) is 65.0 Å². The van der Waals surface area contributed by atoms with Gasteiger partial charge in [0, 0.05) is 49.8 Å². The van der Waals surface area contributed by atoms with Crippen molar-refractivity contribution in [1.29, 1.82) is 0 Å². The van der Waals surface area contributed by atoms with Gasteiger partial charge in [0.05, 0.1) is 11.3 Å². The molecule has 1 saturated heterocycles. The Balaban J connectivity index is 1.22. The first-order valence-electron chi connectivity index (χ1n) is 16.5. The van der Waals surface area contributed by atoms with E-state index >= 15 is 0 Å². The molecule has 0 spiro atoms. The number of rotatable bonds is 9. The summed E-state index contributed by atoms with van der Waals surface area (Å²) in [4.78, 5) is 41.3. The second kappa shape index (κ2) is 14.4. The summed E-state index contributed by atoms with van der Waals surface area (Å²) in [5.74, 6) is 0.980. The Bertz CT molecular complexity index is 1990. The Morgan fingerprint density at radius 3 is 2.53 bits per heavy atom. The Kier molecular flexibility index (Phi) is 9.85. The van der Waals surface area contributed by atoms with Crippen molar-refractivity contribution in [3.05, 3.63) is 108 Å². The molecule has 49 heavy (non-hydrogen) atoms. The molecule has 252 valence electrons. The van der Waals surface area contributed by atoms with E-state index in [1.165, 1.54) is 6.07 Å². The largest absolute Gasteiger partial charge is 0.444 e. The van der Waals surface area contributed by atoms with Crippen molar-refractivity contribution in [3.63, 3.8) is 0 Å². The molecule has 1 atom stereocenters. The molecule has 1 aliphatic heterocycles. The summed E-state index contributed by atoms with van der Waals surface area (Å²) in [6, 6.07) is 21.6. The van der Waals surface area contributed by atoms with Crippen molar-refractivity contribution in [2.75, 3.05) is 18.4 Å². The number of ether oxygens (including phenoxy) is 2. The fourth-order valence-corrected chi connectivity index (χ4v) is 6.03. The minimum Gasteiger partial charge on any atom is -0.444 e.